The molecule has 0 aliphatic carbocycles. The molecule has 2 aromatic rings. The quantitative estimate of drug-likeness (QED) is 0.867. The molecule has 6 heteroatoms. The van der Waals surface area contributed by atoms with E-state index >= 15 is 0 Å². The first-order valence-corrected chi connectivity index (χ1v) is 8.17. The van der Waals surface area contributed by atoms with Gasteiger partial charge in [-0.25, -0.2) is 9.50 Å². The fraction of sp³-hybridized carbons (Fsp3) is 0.588. The van der Waals surface area contributed by atoms with Gasteiger partial charge in [0.2, 0.25) is 5.91 Å². The van der Waals surface area contributed by atoms with Crippen LogP contribution in [-0.2, 0) is 16.0 Å². The average molecular weight is 316 g/mol. The third kappa shape index (κ3) is 3.22. The summed E-state index contributed by atoms with van der Waals surface area (Å²) < 4.78 is 7.37. The van der Waals surface area contributed by atoms with E-state index in [2.05, 4.69) is 10.1 Å². The minimum absolute atomic E-state index is 0.126. The maximum atomic E-state index is 12.4. The van der Waals surface area contributed by atoms with Crippen molar-refractivity contribution in [2.75, 3.05) is 19.7 Å². The summed E-state index contributed by atoms with van der Waals surface area (Å²) in [4.78, 5) is 19.0. The van der Waals surface area contributed by atoms with Crippen LogP contribution in [0.25, 0.3) is 5.65 Å². The van der Waals surface area contributed by atoms with E-state index in [1.807, 2.05) is 43.2 Å². The number of fused-ring (bicyclic) bond motifs is 1. The van der Waals surface area contributed by atoms with Gasteiger partial charge in [0.15, 0.2) is 5.65 Å². The van der Waals surface area contributed by atoms with Gasteiger partial charge in [-0.05, 0) is 39.7 Å². The zero-order valence-corrected chi connectivity index (χ0v) is 14.3. The molecule has 0 N–H and O–H groups in total. The predicted molar refractivity (Wildman–Crippen MR) is 87.5 cm³/mol. The van der Waals surface area contributed by atoms with Gasteiger partial charge in [0, 0.05) is 37.0 Å². The summed E-state index contributed by atoms with van der Waals surface area (Å²) in [5.41, 5.74) is 5.00. The Morgan fingerprint density at radius 2 is 2.17 bits per heavy atom. The van der Waals surface area contributed by atoms with E-state index in [4.69, 9.17) is 4.74 Å². The molecule has 1 atom stereocenters. The molecule has 3 heterocycles. The molecule has 0 spiro atoms. The van der Waals surface area contributed by atoms with Crippen molar-refractivity contribution in [1.82, 2.24) is 19.5 Å². The fourth-order valence-electron chi connectivity index (χ4n) is 3.24. The lowest BCUT2D eigenvalue weighted by molar-refractivity contribution is -0.138. The van der Waals surface area contributed by atoms with Crippen LogP contribution in [-0.4, -0.2) is 51.2 Å². The molecule has 2 aromatic heterocycles. The summed E-state index contributed by atoms with van der Waals surface area (Å²) in [7, 11) is 0. The monoisotopic (exact) mass is 316 g/mol. The first-order chi connectivity index (χ1) is 11.0. The number of aryl methyl sites for hydroxylation is 3. The molecule has 6 nitrogen and oxygen atoms in total. The van der Waals surface area contributed by atoms with Gasteiger partial charge >= 0.3 is 0 Å². The van der Waals surface area contributed by atoms with Crippen LogP contribution in [0.5, 0.6) is 0 Å². The topological polar surface area (TPSA) is 59.7 Å². The van der Waals surface area contributed by atoms with E-state index in [9.17, 15) is 4.79 Å². The van der Waals surface area contributed by atoms with E-state index in [1.165, 1.54) is 0 Å². The number of carbonyl (C=O) groups excluding carboxylic acids is 1. The largest absolute Gasteiger partial charge is 0.375 e. The third-order valence-corrected chi connectivity index (χ3v) is 4.47. The average Bonchev–Trinajstić information content (AvgIpc) is 2.87. The minimum Gasteiger partial charge on any atom is -0.375 e. The van der Waals surface area contributed by atoms with E-state index in [1.54, 1.807) is 0 Å². The third-order valence-electron chi connectivity index (χ3n) is 4.47. The Kier molecular flexibility index (Phi) is 4.35. The Hall–Kier alpha value is -1.95. The van der Waals surface area contributed by atoms with E-state index in [-0.39, 0.29) is 12.0 Å². The van der Waals surface area contributed by atoms with E-state index < -0.39 is 0 Å². The highest BCUT2D eigenvalue weighted by Gasteiger charge is 2.21. The van der Waals surface area contributed by atoms with Crippen molar-refractivity contribution in [2.45, 2.75) is 46.6 Å². The first-order valence-electron chi connectivity index (χ1n) is 8.17. The molecule has 23 heavy (non-hydrogen) atoms. The van der Waals surface area contributed by atoms with Crippen LogP contribution in [0.2, 0.25) is 0 Å². The van der Waals surface area contributed by atoms with E-state index in [0.717, 1.165) is 28.3 Å². The molecule has 1 saturated heterocycles. The van der Waals surface area contributed by atoms with Crippen molar-refractivity contribution < 1.29 is 9.53 Å². The van der Waals surface area contributed by atoms with Crippen LogP contribution in [0, 0.1) is 20.8 Å². The van der Waals surface area contributed by atoms with Crippen molar-refractivity contribution in [3.63, 3.8) is 0 Å². The summed E-state index contributed by atoms with van der Waals surface area (Å²) in [5.74, 6) is 0.190. The molecule has 1 amide bonds. The zero-order chi connectivity index (χ0) is 16.6. The summed E-state index contributed by atoms with van der Waals surface area (Å²) in [5, 5.41) is 4.48. The summed E-state index contributed by atoms with van der Waals surface area (Å²) in [6.45, 7) is 10.0. The lowest BCUT2D eigenvalue weighted by Gasteiger charge is -2.31. The zero-order valence-electron chi connectivity index (χ0n) is 14.3. The van der Waals surface area contributed by atoms with Crippen LogP contribution in [0.3, 0.4) is 0 Å². The van der Waals surface area contributed by atoms with Crippen molar-refractivity contribution in [1.29, 1.82) is 0 Å². The van der Waals surface area contributed by atoms with Crippen LogP contribution in [0.15, 0.2) is 6.07 Å². The van der Waals surface area contributed by atoms with Gasteiger partial charge in [-0.1, -0.05) is 0 Å². The SMILES string of the molecule is Cc1cc2nc(C)c(CCC(=O)N3CCOC(C)C3)c(C)n2n1. The highest BCUT2D eigenvalue weighted by molar-refractivity contribution is 5.76. The maximum Gasteiger partial charge on any atom is 0.223 e. The van der Waals surface area contributed by atoms with Gasteiger partial charge in [0.25, 0.3) is 0 Å². The van der Waals surface area contributed by atoms with Crippen LogP contribution in [0.1, 0.15) is 36.0 Å². The Bertz CT molecular complexity index is 738. The molecule has 124 valence electrons. The van der Waals surface area contributed by atoms with Crippen molar-refractivity contribution in [3.05, 3.63) is 28.7 Å². The summed E-state index contributed by atoms with van der Waals surface area (Å²) in [6.07, 6.45) is 1.33. The van der Waals surface area contributed by atoms with Crippen LogP contribution < -0.4 is 0 Å². The van der Waals surface area contributed by atoms with Crippen molar-refractivity contribution in [2.24, 2.45) is 0 Å². The first kappa shape index (κ1) is 15.9. The van der Waals surface area contributed by atoms with Gasteiger partial charge in [-0.2, -0.15) is 5.10 Å². The highest BCUT2D eigenvalue weighted by Crippen LogP contribution is 2.18. The van der Waals surface area contributed by atoms with Crippen molar-refractivity contribution >= 4 is 11.6 Å². The predicted octanol–water partition coefficient (Wildman–Crippen LogP) is 1.83. The number of carbonyl (C=O) groups is 1. The molecular formula is C17H24N4O2. The van der Waals surface area contributed by atoms with Gasteiger partial charge < -0.3 is 9.64 Å². The Morgan fingerprint density at radius 1 is 1.39 bits per heavy atom. The Labute approximate surface area is 136 Å². The number of rotatable bonds is 3. The standard InChI is InChI=1S/C17H24N4O2/c1-11-9-16-18-13(3)15(14(4)21(16)19-11)5-6-17(22)20-7-8-23-12(2)10-20/h9,12H,5-8,10H2,1-4H3. The fourth-order valence-corrected chi connectivity index (χ4v) is 3.24. The van der Waals surface area contributed by atoms with Crippen LogP contribution in [0.4, 0.5) is 0 Å². The number of morpholine rings is 1. The lowest BCUT2D eigenvalue weighted by atomic mass is 10.1. The molecule has 1 fully saturated rings. The molecule has 0 bridgehead atoms. The molecule has 0 aromatic carbocycles. The van der Waals surface area contributed by atoms with Gasteiger partial charge in [-0.3, -0.25) is 4.79 Å². The normalized spacial score (nSPS) is 18.6. The molecule has 1 aliphatic heterocycles. The van der Waals surface area contributed by atoms with Gasteiger partial charge in [-0.15, -0.1) is 0 Å². The van der Waals surface area contributed by atoms with Crippen molar-refractivity contribution in [3.8, 4) is 0 Å². The Balaban J connectivity index is 1.75. The molecular weight excluding hydrogens is 292 g/mol. The molecule has 1 aliphatic rings. The second-order valence-electron chi connectivity index (χ2n) is 6.34. The molecule has 1 unspecified atom stereocenters. The number of nitrogens with zero attached hydrogens (tertiary/aromatic N) is 4. The number of amides is 1. The number of hydrogen-bond acceptors (Lipinski definition) is 4. The highest BCUT2D eigenvalue weighted by atomic mass is 16.5. The molecule has 3 rings (SSSR count). The molecule has 0 saturated carbocycles. The van der Waals surface area contributed by atoms with E-state index in [0.29, 0.717) is 32.5 Å². The lowest BCUT2D eigenvalue weighted by Crippen LogP contribution is -2.44. The second-order valence-corrected chi connectivity index (χ2v) is 6.34. The van der Waals surface area contributed by atoms with Crippen LogP contribution >= 0.6 is 0 Å². The smallest absolute Gasteiger partial charge is 0.223 e. The Morgan fingerprint density at radius 3 is 2.91 bits per heavy atom. The number of ether oxygens (including phenoxy) is 1. The summed E-state index contributed by atoms with van der Waals surface area (Å²) in [6, 6.07) is 1.98. The minimum atomic E-state index is 0.126. The number of hydrogen-bond donors (Lipinski definition) is 0. The second kappa shape index (κ2) is 6.28. The van der Waals surface area contributed by atoms with Gasteiger partial charge in [0.05, 0.1) is 18.4 Å². The van der Waals surface area contributed by atoms with Gasteiger partial charge in [0.1, 0.15) is 0 Å². The molecule has 0 radical (unpaired) electrons. The maximum absolute atomic E-state index is 12.4. The summed E-state index contributed by atoms with van der Waals surface area (Å²) >= 11 is 0. The number of aromatic nitrogens is 3.